The molecule has 3 saturated heterocycles. The van der Waals surface area contributed by atoms with Crippen LogP contribution in [0.5, 0.6) is 0 Å². The number of pyridine rings is 1. The summed E-state index contributed by atoms with van der Waals surface area (Å²) in [7, 11) is 3.64. The number of ketones is 2. The van der Waals surface area contributed by atoms with Crippen LogP contribution in [0.4, 0.5) is 9.18 Å². The molecular weight excluding hydrogens is 765 g/mol. The first-order valence-corrected chi connectivity index (χ1v) is 20.2. The summed E-state index contributed by atoms with van der Waals surface area (Å²) in [6.07, 6.45) is -4.15. The molecule has 0 bridgehead atoms. The van der Waals surface area contributed by atoms with Gasteiger partial charge in [0.05, 0.1) is 35.4 Å². The topological polar surface area (TPSA) is 169 Å². The van der Waals surface area contributed by atoms with Crippen molar-refractivity contribution in [2.24, 2.45) is 17.8 Å². The Labute approximate surface area is 345 Å². The number of alkyl carbamates (subject to hydrolysis) is 1. The molecule has 0 aliphatic carbocycles. The zero-order valence-electron chi connectivity index (χ0n) is 35.8. The van der Waals surface area contributed by atoms with Gasteiger partial charge in [0.2, 0.25) is 0 Å². The van der Waals surface area contributed by atoms with Crippen molar-refractivity contribution in [2.45, 2.75) is 141 Å². The first-order valence-electron chi connectivity index (χ1n) is 20.2. The number of halogens is 1. The van der Waals surface area contributed by atoms with Gasteiger partial charge in [0, 0.05) is 41.8 Å². The predicted molar refractivity (Wildman–Crippen MR) is 213 cm³/mol. The van der Waals surface area contributed by atoms with Crippen molar-refractivity contribution in [3.05, 3.63) is 42.1 Å². The Hall–Kier alpha value is -4.49. The first-order chi connectivity index (χ1) is 27.6. The summed E-state index contributed by atoms with van der Waals surface area (Å²) < 4.78 is 53.8. The molecule has 1 aromatic heterocycles. The molecule has 13 atom stereocenters. The summed E-state index contributed by atoms with van der Waals surface area (Å²) in [5.74, 6) is -0.713. The van der Waals surface area contributed by atoms with E-state index in [-0.39, 0.29) is 25.2 Å². The maximum absolute atomic E-state index is 17.0. The number of carbonyl (C=O) groups is 5. The van der Waals surface area contributed by atoms with Crippen LogP contribution in [0.2, 0.25) is 0 Å². The zero-order chi connectivity index (χ0) is 43.6. The third-order valence-corrected chi connectivity index (χ3v) is 12.1. The number of nitrogens with zero attached hydrogens (tertiary/aromatic N) is 2. The number of para-hydroxylation sites is 1. The molecule has 3 aliphatic rings. The van der Waals surface area contributed by atoms with Gasteiger partial charge < -0.3 is 38.6 Å². The molecule has 5 rings (SSSR count). The Bertz CT molecular complexity index is 1980. The zero-order valence-corrected chi connectivity index (χ0v) is 35.8. The lowest BCUT2D eigenvalue weighted by Crippen LogP contribution is -2.62. The number of fused-ring (bicyclic) bond motifs is 2. The molecule has 4 heterocycles. The molecule has 1 N–H and O–H groups in total. The minimum atomic E-state index is -3.24. The SMILES string of the molecule is CCC1OC(=O)[C@@](C)(F)C(=O)[C@H](C)[C@@H](O[C@@H]2O[C@H](C)C[C@H](N(C)C)[C@H]2OC(C)=O)[C@](C)(OCC#Cc2cnc3ccccc3c2)C[C@@H](C)C(=O)[C@H](C)[C@H]2NC(=O)O[C@]12C. The quantitative estimate of drug-likeness (QED) is 0.169. The minimum absolute atomic E-state index is 0.0692. The van der Waals surface area contributed by atoms with Crippen molar-refractivity contribution in [3.8, 4) is 11.8 Å². The average Bonchev–Trinajstić information content (AvgIpc) is 3.50. The molecular formula is C44H58FN3O11. The van der Waals surface area contributed by atoms with Crippen molar-refractivity contribution in [1.82, 2.24) is 15.2 Å². The van der Waals surface area contributed by atoms with E-state index in [1.807, 2.05) is 56.3 Å². The molecule has 0 saturated carbocycles. The molecule has 2 aromatic rings. The number of likely N-dealkylation sites (N-methyl/N-ethyl adjacent to an activating group) is 1. The number of ether oxygens (including phenoxy) is 6. The van der Waals surface area contributed by atoms with Crippen LogP contribution in [-0.4, -0.2) is 120 Å². The maximum Gasteiger partial charge on any atom is 0.408 e. The second-order valence-corrected chi connectivity index (χ2v) is 17.0. The van der Waals surface area contributed by atoms with E-state index < -0.39 is 101 Å². The Kier molecular flexibility index (Phi) is 13.9. The number of carbonyl (C=O) groups excluding carboxylic acids is 5. The summed E-state index contributed by atoms with van der Waals surface area (Å²) in [5, 5.41) is 3.59. The smallest absolute Gasteiger partial charge is 0.408 e. The van der Waals surface area contributed by atoms with Gasteiger partial charge in [0.25, 0.3) is 5.67 Å². The molecule has 1 aromatic carbocycles. The fourth-order valence-corrected chi connectivity index (χ4v) is 8.91. The van der Waals surface area contributed by atoms with Crippen LogP contribution in [-0.2, 0) is 47.6 Å². The highest BCUT2D eigenvalue weighted by Crippen LogP contribution is 2.41. The summed E-state index contributed by atoms with van der Waals surface area (Å²) in [6.45, 7) is 13.2. The minimum Gasteiger partial charge on any atom is -0.455 e. The van der Waals surface area contributed by atoms with Crippen LogP contribution in [0.3, 0.4) is 0 Å². The van der Waals surface area contributed by atoms with Crippen molar-refractivity contribution in [3.63, 3.8) is 0 Å². The number of aromatic nitrogens is 1. The number of esters is 2. The first kappa shape index (κ1) is 45.6. The maximum atomic E-state index is 17.0. The van der Waals surface area contributed by atoms with Gasteiger partial charge in [-0.3, -0.25) is 19.4 Å². The number of rotatable bonds is 7. The number of benzene rings is 1. The monoisotopic (exact) mass is 823 g/mol. The lowest BCUT2D eigenvalue weighted by atomic mass is 9.73. The number of Topliss-reactive ketones (excluding diaryl/α,β-unsaturated/α-hetero) is 2. The lowest BCUT2D eigenvalue weighted by Gasteiger charge is -2.48. The predicted octanol–water partition coefficient (Wildman–Crippen LogP) is 5.11. The largest absolute Gasteiger partial charge is 0.455 e. The van der Waals surface area contributed by atoms with Crippen LogP contribution >= 0.6 is 0 Å². The van der Waals surface area contributed by atoms with Crippen LogP contribution in [0, 0.1) is 29.6 Å². The summed E-state index contributed by atoms with van der Waals surface area (Å²) in [5.41, 5.74) is -5.05. The van der Waals surface area contributed by atoms with Gasteiger partial charge in [-0.15, -0.1) is 0 Å². The molecule has 3 aliphatic heterocycles. The molecule has 322 valence electrons. The van der Waals surface area contributed by atoms with Crippen LogP contribution in [0.25, 0.3) is 10.9 Å². The van der Waals surface area contributed by atoms with Gasteiger partial charge in [-0.2, -0.15) is 0 Å². The van der Waals surface area contributed by atoms with E-state index in [0.29, 0.717) is 12.0 Å². The Balaban J connectivity index is 1.63. The van der Waals surface area contributed by atoms with Crippen molar-refractivity contribution < 1.29 is 56.8 Å². The van der Waals surface area contributed by atoms with Crippen molar-refractivity contribution in [1.29, 1.82) is 0 Å². The molecule has 1 unspecified atom stereocenters. The number of amides is 1. The summed E-state index contributed by atoms with van der Waals surface area (Å²) in [4.78, 5) is 74.5. The molecule has 59 heavy (non-hydrogen) atoms. The highest BCUT2D eigenvalue weighted by molar-refractivity contribution is 6.08. The highest BCUT2D eigenvalue weighted by atomic mass is 19.1. The van der Waals surface area contributed by atoms with E-state index in [9.17, 15) is 24.0 Å². The van der Waals surface area contributed by atoms with Gasteiger partial charge in [-0.1, -0.05) is 57.7 Å². The number of hydrogen-bond acceptors (Lipinski definition) is 13. The molecule has 0 spiro atoms. The fourth-order valence-electron chi connectivity index (χ4n) is 8.91. The standard InChI is InChI=1S/C44H58FN3O11/c1-12-33-44(9)36(47-41(53)59-44)26(4)34(50)24(2)22-42(7,54-19-15-16-29-21-30-17-13-14-18-31(30)46-23-29)38(27(5)37(51)43(8,45)40(52)57-33)58-39-35(56-28(6)49)32(48(10)11)20-25(3)55-39/h13-14,17-18,21,23-27,32-33,35-36,38-39H,12,19-20,22H2,1-11H3,(H,47,53)/t24-,25-,26+,27+,32+,33?,35-,36-,38-,39+,42-,43+,44-/m1/s1. The van der Waals surface area contributed by atoms with Gasteiger partial charge >= 0.3 is 18.0 Å². The third-order valence-electron chi connectivity index (χ3n) is 12.1. The van der Waals surface area contributed by atoms with E-state index in [4.69, 9.17) is 28.4 Å². The Morgan fingerprint density at radius 1 is 1.07 bits per heavy atom. The Morgan fingerprint density at radius 3 is 2.42 bits per heavy atom. The highest BCUT2D eigenvalue weighted by Gasteiger charge is 2.59. The van der Waals surface area contributed by atoms with E-state index in [1.165, 1.54) is 20.8 Å². The molecule has 15 heteroatoms. The average molecular weight is 824 g/mol. The molecule has 14 nitrogen and oxygen atoms in total. The number of cyclic esters (lactones) is 1. The van der Waals surface area contributed by atoms with E-state index in [0.717, 1.165) is 17.8 Å². The van der Waals surface area contributed by atoms with Crippen LogP contribution in [0.1, 0.15) is 87.1 Å². The number of nitrogens with one attached hydrogen (secondary N) is 1. The van der Waals surface area contributed by atoms with E-state index in [2.05, 4.69) is 22.1 Å². The van der Waals surface area contributed by atoms with Gasteiger partial charge in [0.15, 0.2) is 23.8 Å². The van der Waals surface area contributed by atoms with Crippen molar-refractivity contribution in [2.75, 3.05) is 20.7 Å². The molecule has 0 radical (unpaired) electrons. The van der Waals surface area contributed by atoms with Gasteiger partial charge in [0.1, 0.15) is 18.5 Å². The van der Waals surface area contributed by atoms with E-state index >= 15 is 4.39 Å². The van der Waals surface area contributed by atoms with Crippen molar-refractivity contribution >= 4 is 40.5 Å². The number of alkyl halides is 1. The third kappa shape index (κ3) is 9.62. The normalized spacial score (nSPS) is 37.0. The number of hydrogen-bond donors (Lipinski definition) is 1. The van der Waals surface area contributed by atoms with Crippen LogP contribution in [0.15, 0.2) is 36.5 Å². The Morgan fingerprint density at radius 2 is 1.76 bits per heavy atom. The summed E-state index contributed by atoms with van der Waals surface area (Å²) >= 11 is 0. The van der Waals surface area contributed by atoms with Gasteiger partial charge in [-0.05, 0) is 73.2 Å². The van der Waals surface area contributed by atoms with E-state index in [1.54, 1.807) is 33.9 Å². The second kappa shape index (κ2) is 18.0. The van der Waals surface area contributed by atoms with Gasteiger partial charge in [-0.25, -0.2) is 14.0 Å². The van der Waals surface area contributed by atoms with Crippen LogP contribution < -0.4 is 5.32 Å². The summed E-state index contributed by atoms with van der Waals surface area (Å²) in [6, 6.07) is 8.09. The fraction of sp³-hybridized carbons (Fsp3) is 0.636. The molecule has 3 fully saturated rings. The second-order valence-electron chi connectivity index (χ2n) is 17.0. The lowest BCUT2D eigenvalue weighted by molar-refractivity contribution is -0.299. The molecule has 1 amide bonds.